The van der Waals surface area contributed by atoms with Gasteiger partial charge in [-0.3, -0.25) is 9.59 Å². The van der Waals surface area contributed by atoms with E-state index in [9.17, 15) is 9.59 Å². The smallest absolute Gasteiger partial charge is 0.306 e. The number of rotatable bonds is 36. The molecular formula is C44H81NO4. The number of hydrogen-bond donors (Lipinski definition) is 0. The van der Waals surface area contributed by atoms with E-state index >= 15 is 0 Å². The minimum absolute atomic E-state index is 0.00879. The molecule has 0 fully saturated rings. The molecule has 0 bridgehead atoms. The third-order valence-corrected chi connectivity index (χ3v) is 9.99. The fourth-order valence-electron chi connectivity index (χ4n) is 6.62. The van der Waals surface area contributed by atoms with Crippen molar-refractivity contribution >= 4 is 11.9 Å². The quantitative estimate of drug-likeness (QED) is 0.0373. The fraction of sp³-hybridized carbons (Fsp3) is 0.864. The minimum atomic E-state index is -0.0892. The maximum atomic E-state index is 12.2. The number of allylic oxidation sites excluding steroid dienone is 1. The molecule has 286 valence electrons. The normalized spacial score (nSPS) is 13.0. The molecule has 0 aliphatic carbocycles. The molecule has 5 nitrogen and oxygen atoms in total. The van der Waals surface area contributed by atoms with Crippen LogP contribution in [-0.2, 0) is 19.1 Å². The van der Waals surface area contributed by atoms with Gasteiger partial charge in [0, 0.05) is 13.0 Å². The van der Waals surface area contributed by atoms with Gasteiger partial charge in [-0.25, -0.2) is 0 Å². The largest absolute Gasteiger partial charge is 0.466 e. The van der Waals surface area contributed by atoms with E-state index in [2.05, 4.69) is 57.7 Å². The summed E-state index contributed by atoms with van der Waals surface area (Å²) < 4.78 is 10.9. The Morgan fingerprint density at radius 2 is 1.08 bits per heavy atom. The number of esters is 2. The van der Waals surface area contributed by atoms with Gasteiger partial charge < -0.3 is 14.4 Å². The Balaban J connectivity index is 3.83. The van der Waals surface area contributed by atoms with E-state index in [1.54, 1.807) is 0 Å². The topological polar surface area (TPSA) is 55.8 Å². The van der Waals surface area contributed by atoms with E-state index in [1.807, 2.05) is 6.08 Å². The molecule has 0 N–H and O–H groups in total. The van der Waals surface area contributed by atoms with Gasteiger partial charge in [-0.15, -0.1) is 0 Å². The van der Waals surface area contributed by atoms with Crippen molar-refractivity contribution in [2.75, 3.05) is 33.4 Å². The zero-order valence-corrected chi connectivity index (χ0v) is 33.3. The van der Waals surface area contributed by atoms with Crippen molar-refractivity contribution < 1.29 is 19.1 Å². The number of carbonyl (C=O) groups is 2. The van der Waals surface area contributed by atoms with Gasteiger partial charge in [-0.05, 0) is 76.1 Å². The standard InChI is InChI=1S/C44H81NO4/c1-7-11-30-40(5)37-43(46)48-35-28-24-20-16-14-18-22-26-33-42(39-45(6)10-4)34-27-23-19-15-17-21-25-29-36-49-44(47)38-41(31-12-8-2)32-13-9-3/h31,40-42H,2,7,9-11,13-30,32-39H2,1,3-6H3. The summed E-state index contributed by atoms with van der Waals surface area (Å²) >= 11 is 0. The molecule has 0 aromatic carbocycles. The molecule has 0 aromatic rings. The Morgan fingerprint density at radius 1 is 0.633 bits per heavy atom. The Labute approximate surface area is 305 Å². The average Bonchev–Trinajstić information content (AvgIpc) is 3.09. The Kier molecular flexibility index (Phi) is 34.7. The summed E-state index contributed by atoms with van der Waals surface area (Å²) in [6, 6.07) is 0. The second-order valence-electron chi connectivity index (χ2n) is 14.9. The van der Waals surface area contributed by atoms with Gasteiger partial charge in [0.05, 0.1) is 19.6 Å². The molecule has 0 aliphatic rings. The highest BCUT2D eigenvalue weighted by Crippen LogP contribution is 2.21. The molecule has 5 heteroatoms. The number of carbonyl (C=O) groups excluding carboxylic acids is 2. The first-order valence-corrected chi connectivity index (χ1v) is 21.0. The van der Waals surface area contributed by atoms with Crippen molar-refractivity contribution in [1.29, 1.82) is 0 Å². The van der Waals surface area contributed by atoms with E-state index in [1.165, 1.54) is 116 Å². The van der Waals surface area contributed by atoms with Crippen LogP contribution >= 0.6 is 0 Å². The molecule has 0 spiro atoms. The van der Waals surface area contributed by atoms with Crippen LogP contribution in [0.5, 0.6) is 0 Å². The molecular weight excluding hydrogens is 606 g/mol. The lowest BCUT2D eigenvalue weighted by Crippen LogP contribution is -2.25. The average molecular weight is 688 g/mol. The minimum Gasteiger partial charge on any atom is -0.466 e. The summed E-state index contributed by atoms with van der Waals surface area (Å²) in [5.74, 6) is 1.37. The zero-order chi connectivity index (χ0) is 36.2. The Bertz CT molecular complexity index is 844. The maximum Gasteiger partial charge on any atom is 0.306 e. The van der Waals surface area contributed by atoms with Crippen LogP contribution in [0.15, 0.2) is 24.1 Å². The third kappa shape index (κ3) is 33.1. The van der Waals surface area contributed by atoms with Crippen molar-refractivity contribution in [3.8, 4) is 0 Å². The molecule has 3 unspecified atom stereocenters. The van der Waals surface area contributed by atoms with Crippen LogP contribution in [-0.4, -0.2) is 50.2 Å². The van der Waals surface area contributed by atoms with Gasteiger partial charge in [-0.1, -0.05) is 161 Å². The molecule has 0 radical (unpaired) electrons. The lowest BCUT2D eigenvalue weighted by atomic mass is 9.93. The highest BCUT2D eigenvalue weighted by Gasteiger charge is 2.13. The summed E-state index contributed by atoms with van der Waals surface area (Å²) in [5.41, 5.74) is 5.57. The molecule has 0 saturated carbocycles. The Hall–Kier alpha value is -1.80. The molecule has 0 heterocycles. The molecule has 0 saturated heterocycles. The molecule has 0 aliphatic heterocycles. The lowest BCUT2D eigenvalue weighted by molar-refractivity contribution is -0.145. The van der Waals surface area contributed by atoms with Crippen LogP contribution in [0.3, 0.4) is 0 Å². The Morgan fingerprint density at radius 3 is 1.55 bits per heavy atom. The zero-order valence-electron chi connectivity index (χ0n) is 33.3. The number of unbranched alkanes of at least 4 members (excludes halogenated alkanes) is 16. The van der Waals surface area contributed by atoms with Crippen LogP contribution in [0.25, 0.3) is 0 Å². The van der Waals surface area contributed by atoms with Gasteiger partial charge in [-0.2, -0.15) is 0 Å². The van der Waals surface area contributed by atoms with E-state index in [4.69, 9.17) is 9.47 Å². The maximum absolute atomic E-state index is 12.2. The van der Waals surface area contributed by atoms with Gasteiger partial charge in [0.15, 0.2) is 0 Å². The number of nitrogens with zero attached hydrogens (tertiary/aromatic N) is 1. The molecule has 49 heavy (non-hydrogen) atoms. The molecule has 3 atom stereocenters. The van der Waals surface area contributed by atoms with E-state index in [0.717, 1.165) is 57.4 Å². The SMILES string of the molecule is C=C=C=CC(CCCC)CC(=O)OCCCCCCCCCCC(CCCCCCCCCCOC(=O)CC(C)CCCC)CN(C)CC. The van der Waals surface area contributed by atoms with Crippen molar-refractivity contribution in [3.63, 3.8) is 0 Å². The monoisotopic (exact) mass is 688 g/mol. The summed E-state index contributed by atoms with van der Waals surface area (Å²) in [6.45, 7) is 15.9. The summed E-state index contributed by atoms with van der Waals surface area (Å²) in [5, 5.41) is 0. The van der Waals surface area contributed by atoms with Crippen LogP contribution < -0.4 is 0 Å². The van der Waals surface area contributed by atoms with Crippen LogP contribution in [0.2, 0.25) is 0 Å². The number of ether oxygens (including phenoxy) is 2. The first-order valence-electron chi connectivity index (χ1n) is 21.0. The van der Waals surface area contributed by atoms with Crippen molar-refractivity contribution in [1.82, 2.24) is 4.90 Å². The highest BCUT2D eigenvalue weighted by molar-refractivity contribution is 5.70. The van der Waals surface area contributed by atoms with Gasteiger partial charge in [0.25, 0.3) is 0 Å². The first kappa shape index (κ1) is 47.2. The second-order valence-corrected chi connectivity index (χ2v) is 14.9. The predicted octanol–water partition coefficient (Wildman–Crippen LogP) is 12.6. The van der Waals surface area contributed by atoms with E-state index in [-0.39, 0.29) is 17.9 Å². The summed E-state index contributed by atoms with van der Waals surface area (Å²) in [7, 11) is 2.27. The molecule has 0 amide bonds. The number of hydrogen-bond acceptors (Lipinski definition) is 5. The van der Waals surface area contributed by atoms with Crippen LogP contribution in [0.4, 0.5) is 0 Å². The van der Waals surface area contributed by atoms with Crippen molar-refractivity contribution in [2.45, 2.75) is 195 Å². The summed E-state index contributed by atoms with van der Waals surface area (Å²) in [4.78, 5) is 26.7. The van der Waals surface area contributed by atoms with Crippen LogP contribution in [0, 0.1) is 17.8 Å². The van der Waals surface area contributed by atoms with Gasteiger partial charge in [0.1, 0.15) is 0 Å². The van der Waals surface area contributed by atoms with Gasteiger partial charge >= 0.3 is 11.9 Å². The molecule has 0 rings (SSSR count). The third-order valence-electron chi connectivity index (χ3n) is 9.99. The lowest BCUT2D eigenvalue weighted by Gasteiger charge is -2.23. The molecule has 0 aromatic heterocycles. The highest BCUT2D eigenvalue weighted by atomic mass is 16.5. The summed E-state index contributed by atoms with van der Waals surface area (Å²) in [6.07, 6.45) is 32.6. The van der Waals surface area contributed by atoms with Crippen molar-refractivity contribution in [2.24, 2.45) is 17.8 Å². The van der Waals surface area contributed by atoms with E-state index < -0.39 is 0 Å². The van der Waals surface area contributed by atoms with Crippen molar-refractivity contribution in [3.05, 3.63) is 24.1 Å². The first-order chi connectivity index (χ1) is 23.9. The van der Waals surface area contributed by atoms with Crippen LogP contribution in [0.1, 0.15) is 195 Å². The van der Waals surface area contributed by atoms with Gasteiger partial charge in [0.2, 0.25) is 0 Å². The second kappa shape index (κ2) is 36.0. The fourth-order valence-corrected chi connectivity index (χ4v) is 6.62. The van der Waals surface area contributed by atoms with E-state index in [0.29, 0.717) is 32.0 Å². The predicted molar refractivity (Wildman–Crippen MR) is 210 cm³/mol.